The average molecular weight is 500 g/mol. The Kier molecular flexibility index (Phi) is 7.37. The number of likely N-dealkylation sites (N-methyl/N-ethyl adjacent to an activating group) is 1. The molecule has 192 valence electrons. The smallest absolute Gasteiger partial charge is 0.225 e. The number of amides is 1. The summed E-state index contributed by atoms with van der Waals surface area (Å²) < 4.78 is 8.11. The molecule has 1 saturated carbocycles. The molecule has 0 spiro atoms. The molecule has 0 aliphatic heterocycles. The van der Waals surface area contributed by atoms with E-state index in [2.05, 4.69) is 9.38 Å². The van der Waals surface area contributed by atoms with Crippen molar-refractivity contribution in [2.75, 3.05) is 25.9 Å². The predicted octanol–water partition coefficient (Wildman–Crippen LogP) is 4.28. The van der Waals surface area contributed by atoms with Crippen molar-refractivity contribution in [3.05, 3.63) is 78.4 Å². The lowest BCUT2D eigenvalue weighted by atomic mass is 9.81. The van der Waals surface area contributed by atoms with Crippen molar-refractivity contribution >= 4 is 17.2 Å². The second-order valence-corrected chi connectivity index (χ2v) is 9.68. The van der Waals surface area contributed by atoms with Crippen LogP contribution in [-0.4, -0.2) is 50.5 Å². The number of aromatic nitrogens is 3. The molecular formula is C29H33N5O3. The van der Waals surface area contributed by atoms with Crippen LogP contribution in [0.15, 0.2) is 67.0 Å². The SMILES string of the molecule is CN(CCO)C(=O)C1CCC(c2nc(-c3cccc(OCc4ccccc4)c3)c3c(N)nccn23)CC1. The van der Waals surface area contributed by atoms with E-state index in [9.17, 15) is 4.79 Å². The largest absolute Gasteiger partial charge is 0.489 e. The zero-order valence-electron chi connectivity index (χ0n) is 21.1. The van der Waals surface area contributed by atoms with Crippen LogP contribution >= 0.6 is 0 Å². The first-order chi connectivity index (χ1) is 18.0. The van der Waals surface area contributed by atoms with Crippen molar-refractivity contribution in [1.29, 1.82) is 0 Å². The minimum absolute atomic E-state index is 0.0105. The second kappa shape index (κ2) is 11.0. The first-order valence-electron chi connectivity index (χ1n) is 12.8. The highest BCUT2D eigenvalue weighted by Gasteiger charge is 2.31. The number of nitrogen functional groups attached to an aromatic ring is 1. The zero-order valence-corrected chi connectivity index (χ0v) is 21.1. The average Bonchev–Trinajstić information content (AvgIpc) is 3.33. The third kappa shape index (κ3) is 5.29. The standard InChI is InChI=1S/C29H33N5O3/c1-33(16-17-35)29(36)22-12-10-21(11-13-22)28-32-25(26-27(30)31-14-15-34(26)28)23-8-5-9-24(18-23)37-19-20-6-3-2-4-7-20/h2-9,14-15,18,21-22,35H,10-13,16-17,19H2,1H3,(H2,30,31). The number of benzene rings is 2. The lowest BCUT2D eigenvalue weighted by Gasteiger charge is -2.29. The Hall–Kier alpha value is -3.91. The molecule has 0 saturated heterocycles. The van der Waals surface area contributed by atoms with E-state index in [1.807, 2.05) is 60.8 Å². The van der Waals surface area contributed by atoms with Gasteiger partial charge in [-0.3, -0.25) is 9.20 Å². The van der Waals surface area contributed by atoms with Gasteiger partial charge in [0.25, 0.3) is 0 Å². The zero-order chi connectivity index (χ0) is 25.8. The lowest BCUT2D eigenvalue weighted by molar-refractivity contribution is -0.135. The minimum Gasteiger partial charge on any atom is -0.489 e. The number of nitrogens with zero attached hydrogens (tertiary/aromatic N) is 4. The van der Waals surface area contributed by atoms with Gasteiger partial charge in [-0.05, 0) is 43.4 Å². The summed E-state index contributed by atoms with van der Waals surface area (Å²) in [4.78, 5) is 23.8. The number of aliphatic hydroxyl groups excluding tert-OH is 1. The molecule has 1 fully saturated rings. The highest BCUT2D eigenvalue weighted by Crippen LogP contribution is 2.39. The van der Waals surface area contributed by atoms with E-state index < -0.39 is 0 Å². The molecule has 0 radical (unpaired) electrons. The van der Waals surface area contributed by atoms with Crippen LogP contribution in [0.2, 0.25) is 0 Å². The van der Waals surface area contributed by atoms with E-state index in [4.69, 9.17) is 20.6 Å². The van der Waals surface area contributed by atoms with Crippen LogP contribution in [0.25, 0.3) is 16.8 Å². The first-order valence-corrected chi connectivity index (χ1v) is 12.8. The summed E-state index contributed by atoms with van der Waals surface area (Å²) in [5, 5.41) is 9.17. The first kappa shape index (κ1) is 24.8. The molecule has 4 aromatic rings. The summed E-state index contributed by atoms with van der Waals surface area (Å²) in [6.45, 7) is 0.834. The van der Waals surface area contributed by atoms with Gasteiger partial charge in [0, 0.05) is 43.4 Å². The molecule has 0 unspecified atom stereocenters. The number of nitrogens with two attached hydrogens (primary N) is 1. The topological polar surface area (TPSA) is 106 Å². The molecule has 8 nitrogen and oxygen atoms in total. The molecule has 37 heavy (non-hydrogen) atoms. The molecule has 0 bridgehead atoms. The van der Waals surface area contributed by atoms with E-state index in [0.717, 1.165) is 59.6 Å². The van der Waals surface area contributed by atoms with Crippen LogP contribution in [0.1, 0.15) is 43.0 Å². The number of ether oxygens (including phenoxy) is 1. The summed E-state index contributed by atoms with van der Waals surface area (Å²) in [6.07, 6.45) is 6.95. The maximum Gasteiger partial charge on any atom is 0.225 e. The monoisotopic (exact) mass is 499 g/mol. The van der Waals surface area contributed by atoms with Crippen LogP contribution in [0, 0.1) is 5.92 Å². The molecule has 2 heterocycles. The van der Waals surface area contributed by atoms with Gasteiger partial charge in [-0.15, -0.1) is 0 Å². The molecule has 1 aliphatic carbocycles. The Balaban J connectivity index is 1.39. The predicted molar refractivity (Wildman–Crippen MR) is 143 cm³/mol. The van der Waals surface area contributed by atoms with Crippen LogP contribution in [0.5, 0.6) is 5.75 Å². The minimum atomic E-state index is -0.0195. The summed E-state index contributed by atoms with van der Waals surface area (Å²) in [6, 6.07) is 18.0. The number of carbonyl (C=O) groups excluding carboxylic acids is 1. The number of hydrogen-bond acceptors (Lipinski definition) is 6. The number of anilines is 1. The van der Waals surface area contributed by atoms with Gasteiger partial charge in [0.15, 0.2) is 0 Å². The molecule has 5 rings (SSSR count). The number of hydrogen-bond donors (Lipinski definition) is 2. The van der Waals surface area contributed by atoms with E-state index >= 15 is 0 Å². The Bertz CT molecular complexity index is 1360. The Morgan fingerprint density at radius 2 is 1.92 bits per heavy atom. The molecule has 2 aromatic heterocycles. The maximum absolute atomic E-state index is 12.7. The summed E-state index contributed by atoms with van der Waals surface area (Å²) in [7, 11) is 1.76. The fraction of sp³-hybridized carbons (Fsp3) is 0.345. The normalized spacial score (nSPS) is 17.6. The van der Waals surface area contributed by atoms with E-state index in [-0.39, 0.29) is 24.3 Å². The Morgan fingerprint density at radius 3 is 2.68 bits per heavy atom. The van der Waals surface area contributed by atoms with Gasteiger partial charge in [0.2, 0.25) is 5.91 Å². The van der Waals surface area contributed by atoms with Crippen LogP contribution in [0.3, 0.4) is 0 Å². The van der Waals surface area contributed by atoms with Gasteiger partial charge in [0.1, 0.15) is 35.2 Å². The number of rotatable bonds is 8. The molecule has 3 N–H and O–H groups in total. The summed E-state index contributed by atoms with van der Waals surface area (Å²) in [5.74, 6) is 2.46. The molecule has 1 aliphatic rings. The number of carbonyl (C=O) groups is 1. The summed E-state index contributed by atoms with van der Waals surface area (Å²) >= 11 is 0. The van der Waals surface area contributed by atoms with Gasteiger partial charge in [-0.25, -0.2) is 9.97 Å². The third-order valence-corrected chi connectivity index (χ3v) is 7.22. The van der Waals surface area contributed by atoms with Crippen molar-refractivity contribution < 1.29 is 14.6 Å². The van der Waals surface area contributed by atoms with Gasteiger partial charge < -0.3 is 20.5 Å². The van der Waals surface area contributed by atoms with Crippen LogP contribution < -0.4 is 10.5 Å². The number of imidazole rings is 1. The third-order valence-electron chi connectivity index (χ3n) is 7.22. The quantitative estimate of drug-likeness (QED) is 0.375. The van der Waals surface area contributed by atoms with E-state index in [1.165, 1.54) is 0 Å². The maximum atomic E-state index is 12.7. The number of fused-ring (bicyclic) bond motifs is 1. The van der Waals surface area contributed by atoms with Gasteiger partial charge in [0.05, 0.1) is 6.61 Å². The van der Waals surface area contributed by atoms with Gasteiger partial charge in [-0.1, -0.05) is 42.5 Å². The fourth-order valence-corrected chi connectivity index (χ4v) is 5.22. The van der Waals surface area contributed by atoms with Gasteiger partial charge >= 0.3 is 0 Å². The Labute approximate surface area is 216 Å². The molecule has 0 atom stereocenters. The highest BCUT2D eigenvalue weighted by molar-refractivity contribution is 5.85. The van der Waals surface area contributed by atoms with Gasteiger partial charge in [-0.2, -0.15) is 0 Å². The van der Waals surface area contributed by atoms with Crippen molar-refractivity contribution in [2.45, 2.75) is 38.2 Å². The lowest BCUT2D eigenvalue weighted by Crippen LogP contribution is -2.36. The van der Waals surface area contributed by atoms with Crippen molar-refractivity contribution in [3.8, 4) is 17.0 Å². The molecule has 2 aromatic carbocycles. The van der Waals surface area contributed by atoms with E-state index in [1.54, 1.807) is 18.1 Å². The second-order valence-electron chi connectivity index (χ2n) is 9.68. The van der Waals surface area contributed by atoms with Crippen molar-refractivity contribution in [2.24, 2.45) is 5.92 Å². The fourth-order valence-electron chi connectivity index (χ4n) is 5.22. The molecule has 1 amide bonds. The molecule has 8 heteroatoms. The number of aliphatic hydroxyl groups is 1. The Morgan fingerprint density at radius 1 is 1.14 bits per heavy atom. The van der Waals surface area contributed by atoms with Crippen molar-refractivity contribution in [3.63, 3.8) is 0 Å². The van der Waals surface area contributed by atoms with Crippen LogP contribution in [0.4, 0.5) is 5.82 Å². The van der Waals surface area contributed by atoms with Crippen LogP contribution in [-0.2, 0) is 11.4 Å². The highest BCUT2D eigenvalue weighted by atomic mass is 16.5. The summed E-state index contributed by atoms with van der Waals surface area (Å²) in [5.41, 5.74) is 9.96. The van der Waals surface area contributed by atoms with E-state index in [0.29, 0.717) is 19.0 Å². The van der Waals surface area contributed by atoms with Crippen molar-refractivity contribution in [1.82, 2.24) is 19.3 Å². The molecular weight excluding hydrogens is 466 g/mol.